The van der Waals surface area contributed by atoms with Gasteiger partial charge in [0, 0.05) is 29.9 Å². The summed E-state index contributed by atoms with van der Waals surface area (Å²) in [6.07, 6.45) is 4.63. The summed E-state index contributed by atoms with van der Waals surface area (Å²) in [5.74, 6) is 1.20. The van der Waals surface area contributed by atoms with Crippen LogP contribution in [0, 0.1) is 13.8 Å². The van der Waals surface area contributed by atoms with Crippen LogP contribution in [0.1, 0.15) is 17.8 Å². The third-order valence-electron chi connectivity index (χ3n) is 2.77. The molecule has 8 heteroatoms. The van der Waals surface area contributed by atoms with Crippen LogP contribution in [-0.4, -0.2) is 45.7 Å². The van der Waals surface area contributed by atoms with Gasteiger partial charge in [-0.1, -0.05) is 23.5 Å². The number of hydrogen-bond donors (Lipinski definition) is 0. The molecule has 0 fully saturated rings. The van der Waals surface area contributed by atoms with Crippen molar-refractivity contribution in [2.24, 2.45) is 0 Å². The second-order valence-electron chi connectivity index (χ2n) is 4.72. The number of ether oxygens (including phenoxy) is 2. The van der Waals surface area contributed by atoms with Crippen LogP contribution in [0.4, 0.5) is 0 Å². The van der Waals surface area contributed by atoms with Crippen LogP contribution in [0.5, 0.6) is 11.8 Å². The van der Waals surface area contributed by atoms with Gasteiger partial charge in [0.2, 0.25) is 11.8 Å². The largest absolute Gasteiger partial charge is 0.477 e. The summed E-state index contributed by atoms with van der Waals surface area (Å²) < 4.78 is 11.3. The van der Waals surface area contributed by atoms with Gasteiger partial charge in [-0.2, -0.15) is 9.97 Å². The first-order valence-corrected chi connectivity index (χ1v) is 9.60. The van der Waals surface area contributed by atoms with E-state index < -0.39 is 0 Å². The molecule has 0 bridgehead atoms. The highest BCUT2D eigenvalue weighted by Gasteiger charge is 2.04. The van der Waals surface area contributed by atoms with Gasteiger partial charge in [0.15, 0.2) is 10.3 Å². The van der Waals surface area contributed by atoms with Crippen molar-refractivity contribution in [1.82, 2.24) is 19.9 Å². The average Bonchev–Trinajstić information content (AvgIpc) is 2.53. The Morgan fingerprint density at radius 3 is 1.61 bits per heavy atom. The minimum Gasteiger partial charge on any atom is -0.477 e. The predicted octanol–water partition coefficient (Wildman–Crippen LogP) is 3.18. The molecule has 0 amide bonds. The smallest absolute Gasteiger partial charge is 0.217 e. The molecule has 2 aromatic heterocycles. The topological polar surface area (TPSA) is 70.0 Å². The van der Waals surface area contributed by atoms with Crippen LogP contribution >= 0.6 is 23.5 Å². The molecule has 0 radical (unpaired) electrons. The molecule has 0 aliphatic rings. The molecule has 0 saturated carbocycles. The Morgan fingerprint density at radius 1 is 0.783 bits per heavy atom. The van der Waals surface area contributed by atoms with Crippen LogP contribution < -0.4 is 9.47 Å². The predicted molar refractivity (Wildman–Crippen MR) is 92.7 cm³/mol. The van der Waals surface area contributed by atoms with Crippen molar-refractivity contribution in [3.05, 3.63) is 23.5 Å². The molecule has 0 unspecified atom stereocenters. The molecule has 2 heterocycles. The lowest BCUT2D eigenvalue weighted by molar-refractivity contribution is 0.235. The van der Waals surface area contributed by atoms with Gasteiger partial charge in [-0.3, -0.25) is 0 Å². The fourth-order valence-electron chi connectivity index (χ4n) is 1.77. The highest BCUT2D eigenvalue weighted by Crippen LogP contribution is 2.17. The molecular weight excluding hydrogens is 332 g/mol. The van der Waals surface area contributed by atoms with Crippen LogP contribution in [0.3, 0.4) is 0 Å². The minimum atomic E-state index is 0.531. The quantitative estimate of drug-likeness (QED) is 0.408. The fraction of sp³-hybridized carbons (Fsp3) is 0.467. The van der Waals surface area contributed by atoms with Crippen molar-refractivity contribution in [2.45, 2.75) is 30.6 Å². The van der Waals surface area contributed by atoms with Gasteiger partial charge in [0.25, 0.3) is 0 Å². The molecule has 0 atom stereocenters. The molecular formula is C15H20N4O2S2. The minimum absolute atomic E-state index is 0.531. The first kappa shape index (κ1) is 17.8. The summed E-state index contributed by atoms with van der Waals surface area (Å²) in [6, 6.07) is 3.66. The lowest BCUT2D eigenvalue weighted by Gasteiger charge is -2.09. The lowest BCUT2D eigenvalue weighted by Crippen LogP contribution is -2.07. The van der Waals surface area contributed by atoms with E-state index >= 15 is 0 Å². The maximum atomic E-state index is 5.65. The molecule has 23 heavy (non-hydrogen) atoms. The number of aryl methyl sites for hydroxylation is 2. The van der Waals surface area contributed by atoms with Gasteiger partial charge in [-0.15, -0.1) is 0 Å². The molecule has 124 valence electrons. The average molecular weight is 352 g/mol. The Labute approximate surface area is 144 Å². The van der Waals surface area contributed by atoms with Crippen molar-refractivity contribution < 1.29 is 9.47 Å². The monoisotopic (exact) mass is 352 g/mol. The zero-order valence-corrected chi connectivity index (χ0v) is 15.3. The van der Waals surface area contributed by atoms with Crippen molar-refractivity contribution in [1.29, 1.82) is 0 Å². The number of rotatable bonds is 8. The third-order valence-corrected chi connectivity index (χ3v) is 3.87. The van der Waals surface area contributed by atoms with Gasteiger partial charge in [0.1, 0.15) is 0 Å². The molecule has 0 N–H and O–H groups in total. The maximum absolute atomic E-state index is 5.65. The number of hydrogen-bond acceptors (Lipinski definition) is 8. The van der Waals surface area contributed by atoms with E-state index in [1.54, 1.807) is 0 Å². The number of thioether (sulfide) groups is 2. The first-order chi connectivity index (χ1) is 11.1. The maximum Gasteiger partial charge on any atom is 0.217 e. The third kappa shape index (κ3) is 5.87. The lowest BCUT2D eigenvalue weighted by atomic mass is 10.4. The van der Waals surface area contributed by atoms with Crippen molar-refractivity contribution in [3.63, 3.8) is 0 Å². The Bertz CT molecular complexity index is 600. The molecule has 2 rings (SSSR count). The van der Waals surface area contributed by atoms with Gasteiger partial charge in [0.05, 0.1) is 13.2 Å². The van der Waals surface area contributed by atoms with Crippen molar-refractivity contribution in [2.75, 3.05) is 25.7 Å². The van der Waals surface area contributed by atoms with Gasteiger partial charge in [-0.05, 0) is 26.4 Å². The van der Waals surface area contributed by atoms with E-state index in [1.807, 2.05) is 38.5 Å². The summed E-state index contributed by atoms with van der Waals surface area (Å²) in [5.41, 5.74) is 1.80. The summed E-state index contributed by atoms with van der Waals surface area (Å²) in [6.45, 7) is 4.92. The highest BCUT2D eigenvalue weighted by molar-refractivity contribution is 7.98. The van der Waals surface area contributed by atoms with E-state index in [0.29, 0.717) is 25.0 Å². The van der Waals surface area contributed by atoms with Crippen LogP contribution in [0.15, 0.2) is 22.4 Å². The standard InChI is InChI=1S/C15H20N4O2S2/c1-10-8-12(18-14(16-10)22-3)20-6-5-7-21-13-9-11(2)17-15(19-13)23-4/h8-9H,5-7H2,1-4H3. The summed E-state index contributed by atoms with van der Waals surface area (Å²) >= 11 is 3.00. The van der Waals surface area contributed by atoms with E-state index in [1.165, 1.54) is 23.5 Å². The zero-order valence-electron chi connectivity index (χ0n) is 13.7. The summed E-state index contributed by atoms with van der Waals surface area (Å²) in [5, 5.41) is 1.44. The number of nitrogens with zero attached hydrogens (tertiary/aromatic N) is 4. The van der Waals surface area contributed by atoms with E-state index in [2.05, 4.69) is 19.9 Å². The van der Waals surface area contributed by atoms with Gasteiger partial charge < -0.3 is 9.47 Å². The Morgan fingerprint density at radius 2 is 1.22 bits per heavy atom. The SMILES string of the molecule is CSc1nc(C)cc(OCCCOc2cc(C)nc(SC)n2)n1. The Kier molecular flexibility index (Phi) is 6.91. The molecule has 0 aliphatic carbocycles. The van der Waals surface area contributed by atoms with E-state index in [0.717, 1.165) is 28.1 Å². The summed E-state index contributed by atoms with van der Waals surface area (Å²) in [4.78, 5) is 17.2. The van der Waals surface area contributed by atoms with Crippen LogP contribution in [0.25, 0.3) is 0 Å². The van der Waals surface area contributed by atoms with E-state index in [4.69, 9.17) is 9.47 Å². The van der Waals surface area contributed by atoms with Crippen LogP contribution in [-0.2, 0) is 0 Å². The second-order valence-corrected chi connectivity index (χ2v) is 6.27. The molecule has 0 aromatic carbocycles. The zero-order chi connectivity index (χ0) is 16.7. The fourth-order valence-corrected chi connectivity index (χ4v) is 2.60. The first-order valence-electron chi connectivity index (χ1n) is 7.15. The van der Waals surface area contributed by atoms with E-state index in [9.17, 15) is 0 Å². The summed E-state index contributed by atoms with van der Waals surface area (Å²) in [7, 11) is 0. The highest BCUT2D eigenvalue weighted by atomic mass is 32.2. The molecule has 2 aromatic rings. The molecule has 0 saturated heterocycles. The van der Waals surface area contributed by atoms with E-state index in [-0.39, 0.29) is 0 Å². The normalized spacial score (nSPS) is 10.6. The Hall–Kier alpha value is -1.54. The van der Waals surface area contributed by atoms with Gasteiger partial charge in [-0.25, -0.2) is 9.97 Å². The van der Waals surface area contributed by atoms with Gasteiger partial charge >= 0.3 is 0 Å². The van der Waals surface area contributed by atoms with Crippen LogP contribution in [0.2, 0.25) is 0 Å². The van der Waals surface area contributed by atoms with Crippen molar-refractivity contribution >= 4 is 23.5 Å². The number of aromatic nitrogens is 4. The molecule has 0 spiro atoms. The molecule has 0 aliphatic heterocycles. The second kappa shape index (κ2) is 8.93. The molecule has 6 nitrogen and oxygen atoms in total. The Balaban J connectivity index is 1.78. The van der Waals surface area contributed by atoms with Crippen molar-refractivity contribution in [3.8, 4) is 11.8 Å².